The first-order valence-electron chi connectivity index (χ1n) is 6.54. The molecule has 0 saturated heterocycles. The van der Waals surface area contributed by atoms with E-state index in [-0.39, 0.29) is 18.2 Å². The molecule has 0 fully saturated rings. The first-order valence-corrected chi connectivity index (χ1v) is 7.36. The highest BCUT2D eigenvalue weighted by Crippen LogP contribution is 2.42. The van der Waals surface area contributed by atoms with Gasteiger partial charge in [-0.1, -0.05) is 0 Å². The Kier molecular flexibility index (Phi) is 6.15. The summed E-state index contributed by atoms with van der Waals surface area (Å²) in [7, 11) is 0. The number of hydrogen-bond acceptors (Lipinski definition) is 5. The molecule has 0 aliphatic carbocycles. The zero-order valence-electron chi connectivity index (χ0n) is 11.9. The minimum atomic E-state index is -4.12. The van der Waals surface area contributed by atoms with Gasteiger partial charge in [-0.3, -0.25) is 0 Å². The topological polar surface area (TPSA) is 71.1 Å². The summed E-state index contributed by atoms with van der Waals surface area (Å²) in [5.41, 5.74) is 6.10. The number of ether oxygens (including phenoxy) is 1. The predicted octanol–water partition coefficient (Wildman–Crippen LogP) is 4.13. The van der Waals surface area contributed by atoms with E-state index in [4.69, 9.17) is 15.7 Å². The Labute approximate surface area is 125 Å². The molecule has 0 spiro atoms. The molecule has 0 saturated carbocycles. The summed E-state index contributed by atoms with van der Waals surface area (Å²) in [6.45, 7) is 4.03. The highest BCUT2D eigenvalue weighted by atomic mass is 32.1. The van der Waals surface area contributed by atoms with Crippen LogP contribution in [0.15, 0.2) is 0 Å². The Bertz CT molecular complexity index is 506. The quantitative estimate of drug-likeness (QED) is 0.741. The van der Waals surface area contributed by atoms with Crippen LogP contribution in [-0.4, -0.2) is 18.8 Å². The number of unbranched alkanes of at least 4 members (excludes halogenated alkanes) is 1. The summed E-state index contributed by atoms with van der Waals surface area (Å²) >= 11 is 1.15. The number of anilines is 2. The van der Waals surface area contributed by atoms with Gasteiger partial charge in [0.25, 0.3) is 0 Å². The van der Waals surface area contributed by atoms with Crippen LogP contribution in [0.3, 0.4) is 0 Å². The number of rotatable bonds is 7. The van der Waals surface area contributed by atoms with Gasteiger partial charge in [-0.15, -0.1) is 11.3 Å². The van der Waals surface area contributed by atoms with E-state index in [1.165, 1.54) is 0 Å². The number of alkyl halides is 3. The smallest absolute Gasteiger partial charge is 0.389 e. The maximum Gasteiger partial charge on any atom is 0.389 e. The van der Waals surface area contributed by atoms with E-state index in [0.29, 0.717) is 28.6 Å². The molecule has 118 valence electrons. The fourth-order valence-electron chi connectivity index (χ4n) is 1.63. The summed E-state index contributed by atoms with van der Waals surface area (Å²) in [6.07, 6.45) is -4.59. The molecular formula is C13H18F3N3OS. The monoisotopic (exact) mass is 321 g/mol. The van der Waals surface area contributed by atoms with Crippen LogP contribution in [-0.2, 0) is 0 Å². The van der Waals surface area contributed by atoms with Gasteiger partial charge in [0, 0.05) is 13.0 Å². The van der Waals surface area contributed by atoms with Crippen molar-refractivity contribution in [1.82, 2.24) is 0 Å². The van der Waals surface area contributed by atoms with E-state index in [9.17, 15) is 13.2 Å². The first-order chi connectivity index (χ1) is 9.74. The van der Waals surface area contributed by atoms with E-state index in [1.807, 2.05) is 19.9 Å². The number of nitrogens with one attached hydrogen (secondary N) is 1. The molecular weight excluding hydrogens is 303 g/mol. The van der Waals surface area contributed by atoms with E-state index in [1.54, 1.807) is 0 Å². The average molecular weight is 321 g/mol. The molecule has 0 amide bonds. The van der Waals surface area contributed by atoms with Crippen molar-refractivity contribution in [3.8, 4) is 11.8 Å². The van der Waals surface area contributed by atoms with E-state index < -0.39 is 12.6 Å². The van der Waals surface area contributed by atoms with Crippen molar-refractivity contribution >= 4 is 22.0 Å². The van der Waals surface area contributed by atoms with Gasteiger partial charge in [0.1, 0.15) is 21.6 Å². The minimum absolute atomic E-state index is 0.0584. The van der Waals surface area contributed by atoms with Gasteiger partial charge in [0.15, 0.2) is 5.75 Å². The molecule has 0 aliphatic rings. The highest BCUT2D eigenvalue weighted by Gasteiger charge is 2.25. The molecule has 21 heavy (non-hydrogen) atoms. The Hall–Kier alpha value is -1.62. The number of nitrogen functional groups attached to an aromatic ring is 1. The van der Waals surface area contributed by atoms with Crippen LogP contribution >= 0.6 is 11.3 Å². The molecule has 0 aromatic carbocycles. The number of halogens is 3. The fraction of sp³-hybridized carbons (Fsp3) is 0.615. The second kappa shape index (κ2) is 7.41. The van der Waals surface area contributed by atoms with Crippen molar-refractivity contribution < 1.29 is 17.9 Å². The molecule has 1 aromatic rings. The van der Waals surface area contributed by atoms with Crippen LogP contribution in [0.4, 0.5) is 23.9 Å². The molecule has 8 heteroatoms. The van der Waals surface area contributed by atoms with E-state index in [0.717, 1.165) is 11.3 Å². The molecule has 1 heterocycles. The third-order valence-corrected chi connectivity index (χ3v) is 3.58. The van der Waals surface area contributed by atoms with Crippen molar-refractivity contribution in [2.45, 2.75) is 45.4 Å². The number of nitriles is 1. The lowest BCUT2D eigenvalue weighted by atomic mass is 10.2. The average Bonchev–Trinajstić information content (AvgIpc) is 2.64. The standard InChI is InChI=1S/C13H18F3N3OS/c1-8(2)20-11-10(18)9(7-17)21-12(11)19-6-4-3-5-13(14,15)16/h8,19H,3-6,18H2,1-2H3. The van der Waals surface area contributed by atoms with Gasteiger partial charge < -0.3 is 15.8 Å². The zero-order valence-corrected chi connectivity index (χ0v) is 12.7. The van der Waals surface area contributed by atoms with Gasteiger partial charge in [-0.25, -0.2) is 0 Å². The van der Waals surface area contributed by atoms with Crippen LogP contribution in [0.25, 0.3) is 0 Å². The zero-order chi connectivity index (χ0) is 16.0. The minimum Gasteiger partial charge on any atom is -0.486 e. The normalized spacial score (nSPS) is 11.5. The number of thiophene rings is 1. The molecule has 4 nitrogen and oxygen atoms in total. The van der Waals surface area contributed by atoms with Gasteiger partial charge >= 0.3 is 6.18 Å². The van der Waals surface area contributed by atoms with Crippen LogP contribution in [0.2, 0.25) is 0 Å². The summed E-state index contributed by atoms with van der Waals surface area (Å²) in [4.78, 5) is 0.337. The van der Waals surface area contributed by atoms with Crippen LogP contribution in [0, 0.1) is 11.3 Å². The maximum atomic E-state index is 12.0. The van der Waals surface area contributed by atoms with Crippen LogP contribution < -0.4 is 15.8 Å². The van der Waals surface area contributed by atoms with Crippen LogP contribution in [0.5, 0.6) is 5.75 Å². The lowest BCUT2D eigenvalue weighted by Crippen LogP contribution is -2.10. The summed E-state index contributed by atoms with van der Waals surface area (Å²) in [6, 6.07) is 1.98. The van der Waals surface area contributed by atoms with Crippen molar-refractivity contribution in [3.05, 3.63) is 4.88 Å². The van der Waals surface area contributed by atoms with E-state index >= 15 is 0 Å². The summed E-state index contributed by atoms with van der Waals surface area (Å²) < 4.78 is 41.6. The molecule has 0 radical (unpaired) electrons. The molecule has 3 N–H and O–H groups in total. The maximum absolute atomic E-state index is 12.0. The molecule has 0 bridgehead atoms. The number of nitrogens with two attached hydrogens (primary N) is 1. The van der Waals surface area contributed by atoms with Crippen LogP contribution in [0.1, 0.15) is 38.0 Å². The highest BCUT2D eigenvalue weighted by molar-refractivity contribution is 7.17. The number of hydrogen-bond donors (Lipinski definition) is 2. The molecule has 1 rings (SSSR count). The summed E-state index contributed by atoms with van der Waals surface area (Å²) in [5, 5.41) is 12.5. The van der Waals surface area contributed by atoms with Crippen molar-refractivity contribution in [1.29, 1.82) is 5.26 Å². The number of nitrogens with zero attached hydrogens (tertiary/aromatic N) is 1. The van der Waals surface area contributed by atoms with Gasteiger partial charge in [-0.2, -0.15) is 18.4 Å². The third kappa shape index (κ3) is 5.71. The predicted molar refractivity (Wildman–Crippen MR) is 77.6 cm³/mol. The Morgan fingerprint density at radius 2 is 2.05 bits per heavy atom. The van der Waals surface area contributed by atoms with E-state index in [2.05, 4.69) is 5.32 Å². The first kappa shape index (κ1) is 17.4. The van der Waals surface area contributed by atoms with Gasteiger partial charge in [0.05, 0.1) is 6.10 Å². The Morgan fingerprint density at radius 3 is 2.57 bits per heavy atom. The van der Waals surface area contributed by atoms with Gasteiger partial charge in [-0.05, 0) is 26.7 Å². The van der Waals surface area contributed by atoms with Crippen molar-refractivity contribution in [3.63, 3.8) is 0 Å². The van der Waals surface area contributed by atoms with Crippen molar-refractivity contribution in [2.24, 2.45) is 0 Å². The molecule has 0 unspecified atom stereocenters. The van der Waals surface area contributed by atoms with Gasteiger partial charge in [0.2, 0.25) is 0 Å². The largest absolute Gasteiger partial charge is 0.486 e. The second-order valence-corrected chi connectivity index (χ2v) is 5.80. The Morgan fingerprint density at radius 1 is 1.38 bits per heavy atom. The van der Waals surface area contributed by atoms with Crippen molar-refractivity contribution in [2.75, 3.05) is 17.6 Å². The molecule has 1 aromatic heterocycles. The SMILES string of the molecule is CC(C)Oc1c(NCCCCC(F)(F)F)sc(C#N)c1N. The third-order valence-electron chi connectivity index (χ3n) is 2.53. The fourth-order valence-corrected chi connectivity index (χ4v) is 2.51. The lowest BCUT2D eigenvalue weighted by Gasteiger charge is -2.12. The molecule has 0 atom stereocenters. The Balaban J connectivity index is 2.60. The lowest BCUT2D eigenvalue weighted by molar-refractivity contribution is -0.135. The summed E-state index contributed by atoms with van der Waals surface area (Å²) in [5.74, 6) is 0.405. The molecule has 0 aliphatic heterocycles. The second-order valence-electron chi connectivity index (χ2n) is 4.78.